The zero-order valence-corrected chi connectivity index (χ0v) is 9.85. The normalized spacial score (nSPS) is 20.9. The number of likely N-dealkylation sites (tertiary alicyclic amines) is 1. The highest BCUT2D eigenvalue weighted by molar-refractivity contribution is 5.85. The van der Waals surface area contributed by atoms with Crippen LogP contribution in [0.2, 0.25) is 0 Å². The fourth-order valence-corrected chi connectivity index (χ4v) is 2.09. The van der Waals surface area contributed by atoms with Crippen molar-refractivity contribution >= 4 is 5.97 Å². The van der Waals surface area contributed by atoms with Gasteiger partial charge in [-0.2, -0.15) is 0 Å². The van der Waals surface area contributed by atoms with Crippen molar-refractivity contribution < 1.29 is 14.4 Å². The lowest BCUT2D eigenvalue weighted by Gasteiger charge is -2.10. The van der Waals surface area contributed by atoms with Crippen molar-refractivity contribution in [2.24, 2.45) is 5.92 Å². The molecule has 2 rings (SSSR count). The molecule has 0 spiro atoms. The summed E-state index contributed by atoms with van der Waals surface area (Å²) >= 11 is 0. The Kier molecular flexibility index (Phi) is 3.75. The van der Waals surface area contributed by atoms with Crippen molar-refractivity contribution in [1.82, 2.24) is 15.4 Å². The summed E-state index contributed by atoms with van der Waals surface area (Å²) in [6.45, 7) is 3.72. The van der Waals surface area contributed by atoms with E-state index in [1.54, 1.807) is 0 Å². The molecule has 1 fully saturated rings. The van der Waals surface area contributed by atoms with Crippen molar-refractivity contribution in [3.05, 3.63) is 17.5 Å². The van der Waals surface area contributed by atoms with Crippen LogP contribution in [0.25, 0.3) is 0 Å². The van der Waals surface area contributed by atoms with Gasteiger partial charge in [0.2, 0.25) is 0 Å². The first-order valence-electron chi connectivity index (χ1n) is 5.73. The fourth-order valence-electron chi connectivity index (χ4n) is 2.09. The van der Waals surface area contributed by atoms with Gasteiger partial charge in [-0.3, -0.25) is 0 Å². The number of hydrogen-bond acceptors (Lipinski definition) is 5. The standard InChI is InChI=1S/C11H17N3O3/c1-14-3-2-8(7-14)5-12-6-9-4-10(11(15)16)13-17-9/h4,8,12H,2-3,5-7H2,1H3,(H,15,16). The van der Waals surface area contributed by atoms with Gasteiger partial charge in [0, 0.05) is 12.6 Å². The number of aromatic nitrogens is 1. The molecule has 1 aliphatic heterocycles. The lowest BCUT2D eigenvalue weighted by molar-refractivity contribution is 0.0685. The minimum atomic E-state index is -1.06. The van der Waals surface area contributed by atoms with E-state index < -0.39 is 5.97 Å². The average molecular weight is 239 g/mol. The van der Waals surface area contributed by atoms with E-state index in [-0.39, 0.29) is 5.69 Å². The summed E-state index contributed by atoms with van der Waals surface area (Å²) in [6, 6.07) is 1.45. The van der Waals surface area contributed by atoms with Crippen LogP contribution >= 0.6 is 0 Å². The van der Waals surface area contributed by atoms with Crippen LogP contribution in [0.3, 0.4) is 0 Å². The van der Waals surface area contributed by atoms with Gasteiger partial charge in [-0.15, -0.1) is 0 Å². The van der Waals surface area contributed by atoms with Crippen molar-refractivity contribution in [2.45, 2.75) is 13.0 Å². The molecule has 1 saturated heterocycles. The number of carbonyl (C=O) groups is 1. The molecule has 94 valence electrons. The molecular weight excluding hydrogens is 222 g/mol. The molecule has 0 aromatic carbocycles. The minimum absolute atomic E-state index is 0.0394. The van der Waals surface area contributed by atoms with E-state index in [1.807, 2.05) is 0 Å². The monoisotopic (exact) mass is 239 g/mol. The Morgan fingerprint density at radius 1 is 1.76 bits per heavy atom. The first-order chi connectivity index (χ1) is 8.15. The van der Waals surface area contributed by atoms with Gasteiger partial charge in [0.25, 0.3) is 0 Å². The molecule has 0 bridgehead atoms. The van der Waals surface area contributed by atoms with E-state index in [0.717, 1.165) is 19.6 Å². The summed E-state index contributed by atoms with van der Waals surface area (Å²) in [5.74, 6) is 0.174. The molecule has 1 atom stereocenters. The fraction of sp³-hybridized carbons (Fsp3) is 0.636. The van der Waals surface area contributed by atoms with Crippen molar-refractivity contribution in [3.63, 3.8) is 0 Å². The molecule has 6 nitrogen and oxygen atoms in total. The maximum absolute atomic E-state index is 10.6. The van der Waals surface area contributed by atoms with E-state index in [4.69, 9.17) is 9.63 Å². The Labute approximate surface area is 99.6 Å². The molecule has 1 aromatic heterocycles. The zero-order chi connectivity index (χ0) is 12.3. The first kappa shape index (κ1) is 12.1. The third-order valence-electron chi connectivity index (χ3n) is 3.00. The van der Waals surface area contributed by atoms with Gasteiger partial charge in [-0.25, -0.2) is 4.79 Å². The topological polar surface area (TPSA) is 78.6 Å². The van der Waals surface area contributed by atoms with E-state index in [0.29, 0.717) is 18.2 Å². The Morgan fingerprint density at radius 3 is 3.18 bits per heavy atom. The summed E-state index contributed by atoms with van der Waals surface area (Å²) < 4.78 is 4.91. The van der Waals surface area contributed by atoms with Crippen molar-refractivity contribution in [1.29, 1.82) is 0 Å². The summed E-state index contributed by atoms with van der Waals surface area (Å²) in [5.41, 5.74) is -0.0394. The lowest BCUT2D eigenvalue weighted by Crippen LogP contribution is -2.24. The van der Waals surface area contributed by atoms with E-state index >= 15 is 0 Å². The van der Waals surface area contributed by atoms with Gasteiger partial charge in [-0.05, 0) is 32.5 Å². The highest BCUT2D eigenvalue weighted by Gasteiger charge is 2.19. The van der Waals surface area contributed by atoms with E-state index in [2.05, 4.69) is 22.4 Å². The van der Waals surface area contributed by atoms with Crippen LogP contribution in [0.4, 0.5) is 0 Å². The Balaban J connectivity index is 1.72. The molecule has 2 heterocycles. The molecule has 0 saturated carbocycles. The van der Waals surface area contributed by atoms with Crippen LogP contribution in [-0.4, -0.2) is 47.8 Å². The number of nitrogens with one attached hydrogen (secondary N) is 1. The predicted molar refractivity (Wildman–Crippen MR) is 60.8 cm³/mol. The van der Waals surface area contributed by atoms with Gasteiger partial charge in [0.1, 0.15) is 0 Å². The van der Waals surface area contributed by atoms with Gasteiger partial charge in [-0.1, -0.05) is 5.16 Å². The first-order valence-corrected chi connectivity index (χ1v) is 5.73. The summed E-state index contributed by atoms with van der Waals surface area (Å²) in [7, 11) is 2.12. The summed E-state index contributed by atoms with van der Waals surface area (Å²) in [6.07, 6.45) is 1.21. The second-order valence-corrected chi connectivity index (χ2v) is 4.53. The SMILES string of the molecule is CN1CCC(CNCc2cc(C(=O)O)no2)C1. The number of hydrogen-bond donors (Lipinski definition) is 2. The van der Waals surface area contributed by atoms with Crippen LogP contribution in [0.5, 0.6) is 0 Å². The van der Waals surface area contributed by atoms with Crippen LogP contribution in [0.1, 0.15) is 22.7 Å². The smallest absolute Gasteiger partial charge is 0.358 e. The van der Waals surface area contributed by atoms with Crippen LogP contribution in [-0.2, 0) is 6.54 Å². The maximum Gasteiger partial charge on any atom is 0.358 e. The zero-order valence-electron chi connectivity index (χ0n) is 9.85. The highest BCUT2D eigenvalue weighted by atomic mass is 16.5. The maximum atomic E-state index is 10.6. The number of carboxylic acid groups (broad SMARTS) is 1. The third kappa shape index (κ3) is 3.28. The van der Waals surface area contributed by atoms with Gasteiger partial charge >= 0.3 is 5.97 Å². The van der Waals surface area contributed by atoms with Crippen LogP contribution in [0, 0.1) is 5.92 Å². The number of aromatic carboxylic acids is 1. The Hall–Kier alpha value is -1.40. The Bertz CT molecular complexity index is 391. The van der Waals surface area contributed by atoms with Gasteiger partial charge < -0.3 is 19.8 Å². The molecule has 1 aromatic rings. The molecule has 0 aliphatic carbocycles. The molecule has 17 heavy (non-hydrogen) atoms. The second kappa shape index (κ2) is 5.29. The molecule has 6 heteroatoms. The van der Waals surface area contributed by atoms with Crippen molar-refractivity contribution in [3.8, 4) is 0 Å². The molecule has 0 radical (unpaired) electrons. The van der Waals surface area contributed by atoms with Crippen molar-refractivity contribution in [2.75, 3.05) is 26.7 Å². The molecule has 1 unspecified atom stereocenters. The molecule has 2 N–H and O–H groups in total. The second-order valence-electron chi connectivity index (χ2n) is 4.53. The quantitative estimate of drug-likeness (QED) is 0.775. The van der Waals surface area contributed by atoms with E-state index in [9.17, 15) is 4.79 Å². The third-order valence-corrected chi connectivity index (χ3v) is 3.00. The minimum Gasteiger partial charge on any atom is -0.476 e. The van der Waals surface area contributed by atoms with Gasteiger partial charge in [0.15, 0.2) is 11.5 Å². The van der Waals surface area contributed by atoms with Gasteiger partial charge in [0.05, 0.1) is 6.54 Å². The number of nitrogens with zero attached hydrogens (tertiary/aromatic N) is 2. The molecule has 1 aliphatic rings. The van der Waals surface area contributed by atoms with Crippen LogP contribution < -0.4 is 5.32 Å². The predicted octanol–water partition coefficient (Wildman–Crippen LogP) is 0.414. The van der Waals surface area contributed by atoms with E-state index in [1.165, 1.54) is 12.5 Å². The summed E-state index contributed by atoms with van der Waals surface area (Å²) in [5, 5.41) is 15.4. The lowest BCUT2D eigenvalue weighted by atomic mass is 10.1. The number of carboxylic acids is 1. The average Bonchev–Trinajstić information content (AvgIpc) is 2.88. The number of rotatable bonds is 5. The Morgan fingerprint density at radius 2 is 2.59 bits per heavy atom. The molecular formula is C11H17N3O3. The highest BCUT2D eigenvalue weighted by Crippen LogP contribution is 2.13. The van der Waals surface area contributed by atoms with Crippen LogP contribution in [0.15, 0.2) is 10.6 Å². The largest absolute Gasteiger partial charge is 0.476 e. The molecule has 0 amide bonds. The summed E-state index contributed by atoms with van der Waals surface area (Å²) in [4.78, 5) is 12.9.